The molecule has 0 aromatic carbocycles. The second-order valence-corrected chi connectivity index (χ2v) is 8.30. The zero-order valence-corrected chi connectivity index (χ0v) is 11.6. The lowest BCUT2D eigenvalue weighted by molar-refractivity contribution is -0.107. The smallest absolute Gasteiger partial charge is 0.215 e. The Bertz CT molecular complexity index is 229. The van der Waals surface area contributed by atoms with E-state index in [9.17, 15) is 4.79 Å². The van der Waals surface area contributed by atoms with E-state index in [-0.39, 0.29) is 5.12 Å². The number of carbonyl (C=O) groups is 1. The van der Waals surface area contributed by atoms with Gasteiger partial charge in [-0.15, -0.1) is 23.5 Å². The van der Waals surface area contributed by atoms with E-state index in [0.29, 0.717) is 14.7 Å². The van der Waals surface area contributed by atoms with E-state index < -0.39 is 0 Å². The molecule has 2 atom stereocenters. The van der Waals surface area contributed by atoms with Crippen molar-refractivity contribution in [3.63, 3.8) is 0 Å². The molecule has 2 unspecified atom stereocenters. The third-order valence-corrected chi connectivity index (χ3v) is 7.48. The van der Waals surface area contributed by atoms with Crippen LogP contribution >= 0.6 is 47.0 Å². The van der Waals surface area contributed by atoms with Gasteiger partial charge in [-0.2, -0.15) is 11.8 Å². The van der Waals surface area contributed by atoms with Crippen molar-refractivity contribution in [1.82, 2.24) is 0 Å². The first-order valence-corrected chi connectivity index (χ1v) is 8.52. The molecule has 80 valence electrons. The predicted molar refractivity (Wildman–Crippen MR) is 73.4 cm³/mol. The maximum atomic E-state index is 11.4. The minimum Gasteiger partial charge on any atom is -0.282 e. The first-order valence-electron chi connectivity index (χ1n) is 4.26. The molecule has 1 aliphatic heterocycles. The molecule has 1 fully saturated rings. The summed E-state index contributed by atoms with van der Waals surface area (Å²) in [6.07, 6.45) is 2.13. The van der Waals surface area contributed by atoms with Crippen LogP contribution < -0.4 is 0 Å². The van der Waals surface area contributed by atoms with Crippen molar-refractivity contribution in [2.24, 2.45) is 0 Å². The molecule has 0 N–H and O–H groups in total. The molecule has 5 heteroatoms. The zero-order chi connectivity index (χ0) is 10.6. The van der Waals surface area contributed by atoms with Crippen LogP contribution in [0.2, 0.25) is 0 Å². The van der Waals surface area contributed by atoms with Gasteiger partial charge in [0.15, 0.2) is 0 Å². The van der Waals surface area contributed by atoms with Gasteiger partial charge in [0, 0.05) is 11.5 Å². The summed E-state index contributed by atoms with van der Waals surface area (Å²) in [4.78, 5) is 11.4. The van der Waals surface area contributed by atoms with Gasteiger partial charge in [0.1, 0.15) is 0 Å². The van der Waals surface area contributed by atoms with E-state index in [2.05, 4.69) is 12.8 Å². The normalized spacial score (nSPS) is 26.4. The molecule has 1 nitrogen and oxygen atoms in total. The van der Waals surface area contributed by atoms with Gasteiger partial charge in [0.2, 0.25) is 5.12 Å². The molecule has 0 amide bonds. The molecule has 0 bridgehead atoms. The molecule has 0 aliphatic carbocycles. The molecule has 1 heterocycles. The van der Waals surface area contributed by atoms with Crippen molar-refractivity contribution < 1.29 is 4.79 Å². The Kier molecular flexibility index (Phi) is 5.89. The van der Waals surface area contributed by atoms with E-state index >= 15 is 0 Å². The van der Waals surface area contributed by atoms with Crippen LogP contribution in [-0.2, 0) is 4.79 Å². The molecule has 0 saturated carbocycles. The number of rotatable bonds is 4. The van der Waals surface area contributed by atoms with E-state index in [1.165, 1.54) is 17.5 Å². The zero-order valence-electron chi connectivity index (χ0n) is 8.32. The first-order chi connectivity index (χ1) is 6.63. The van der Waals surface area contributed by atoms with Gasteiger partial charge in [-0.1, -0.05) is 18.3 Å². The van der Waals surface area contributed by atoms with Crippen molar-refractivity contribution >= 4 is 52.2 Å². The van der Waals surface area contributed by atoms with Gasteiger partial charge in [-0.25, -0.2) is 0 Å². The lowest BCUT2D eigenvalue weighted by atomic mass is 10.4. The van der Waals surface area contributed by atoms with Crippen molar-refractivity contribution in [3.05, 3.63) is 12.2 Å². The van der Waals surface area contributed by atoms with Gasteiger partial charge in [-0.3, -0.25) is 4.79 Å². The molecular weight excluding hydrogens is 252 g/mol. The molecule has 0 aromatic heterocycles. The number of hydrogen-bond acceptors (Lipinski definition) is 5. The molecule has 0 spiro atoms. The topological polar surface area (TPSA) is 17.1 Å². The standard InChI is InChI=1S/C9H14OS4/c1-6(2)9(10)14-8-5-12-7(13-8)4-11-3/h7-8H,1,4-5H2,2-3H3. The van der Waals surface area contributed by atoms with Gasteiger partial charge in [0.25, 0.3) is 0 Å². The molecular formula is C9H14OS4. The van der Waals surface area contributed by atoms with Crippen LogP contribution in [-0.4, -0.2) is 32.0 Å². The highest BCUT2D eigenvalue weighted by molar-refractivity contribution is 8.32. The monoisotopic (exact) mass is 266 g/mol. The minimum atomic E-state index is 0.146. The summed E-state index contributed by atoms with van der Waals surface area (Å²) in [5.41, 5.74) is 0.661. The highest BCUT2D eigenvalue weighted by Crippen LogP contribution is 2.44. The molecule has 0 radical (unpaired) electrons. The van der Waals surface area contributed by atoms with Crippen LogP contribution in [0.3, 0.4) is 0 Å². The second-order valence-electron chi connectivity index (χ2n) is 2.97. The Balaban J connectivity index is 2.28. The predicted octanol–water partition coefficient (Wildman–Crippen LogP) is 3.32. The fourth-order valence-electron chi connectivity index (χ4n) is 0.939. The highest BCUT2D eigenvalue weighted by atomic mass is 32.2. The van der Waals surface area contributed by atoms with Crippen molar-refractivity contribution in [3.8, 4) is 0 Å². The van der Waals surface area contributed by atoms with Crippen LogP contribution in [0.25, 0.3) is 0 Å². The van der Waals surface area contributed by atoms with Gasteiger partial charge < -0.3 is 0 Å². The van der Waals surface area contributed by atoms with Gasteiger partial charge in [0.05, 0.1) is 9.16 Å². The first kappa shape index (κ1) is 12.9. The lowest BCUT2D eigenvalue weighted by Crippen LogP contribution is -2.02. The summed E-state index contributed by atoms with van der Waals surface area (Å²) in [6, 6.07) is 0. The van der Waals surface area contributed by atoms with Crippen molar-refractivity contribution in [2.45, 2.75) is 16.1 Å². The van der Waals surface area contributed by atoms with Crippen LogP contribution in [0.4, 0.5) is 0 Å². The Morgan fingerprint density at radius 3 is 2.93 bits per heavy atom. The summed E-state index contributed by atoms with van der Waals surface area (Å²) < 4.78 is 1.10. The third-order valence-electron chi connectivity index (χ3n) is 1.61. The average Bonchev–Trinajstić information content (AvgIpc) is 2.53. The summed E-state index contributed by atoms with van der Waals surface area (Å²) in [6.45, 7) is 5.44. The molecule has 1 rings (SSSR count). The average molecular weight is 266 g/mol. The van der Waals surface area contributed by atoms with Crippen LogP contribution in [0.15, 0.2) is 12.2 Å². The summed E-state index contributed by atoms with van der Waals surface area (Å²) in [5.74, 6) is 2.26. The number of thioether (sulfide) groups is 4. The van der Waals surface area contributed by atoms with E-state index in [4.69, 9.17) is 0 Å². The van der Waals surface area contributed by atoms with Crippen LogP contribution in [0.1, 0.15) is 6.92 Å². The third kappa shape index (κ3) is 4.13. The summed E-state index contributed by atoms with van der Waals surface area (Å²) in [7, 11) is 0. The molecule has 14 heavy (non-hydrogen) atoms. The Hall–Kier alpha value is 0.810. The number of carbonyl (C=O) groups excluding carboxylic acids is 1. The molecule has 1 aliphatic rings. The SMILES string of the molecule is C=C(C)C(=O)SC1CSC(CSC)S1. The quantitative estimate of drug-likeness (QED) is 0.724. The maximum Gasteiger partial charge on any atom is 0.215 e. The molecule has 0 aromatic rings. The molecule has 1 saturated heterocycles. The highest BCUT2D eigenvalue weighted by Gasteiger charge is 2.27. The van der Waals surface area contributed by atoms with Crippen LogP contribution in [0, 0.1) is 0 Å². The Morgan fingerprint density at radius 2 is 2.36 bits per heavy atom. The second kappa shape index (κ2) is 6.40. The fourth-order valence-corrected chi connectivity index (χ4v) is 6.99. The van der Waals surface area contributed by atoms with E-state index in [0.717, 1.165) is 5.75 Å². The van der Waals surface area contributed by atoms with Crippen molar-refractivity contribution in [1.29, 1.82) is 0 Å². The van der Waals surface area contributed by atoms with Crippen molar-refractivity contribution in [2.75, 3.05) is 17.8 Å². The summed E-state index contributed by atoms with van der Waals surface area (Å²) in [5, 5.41) is 0.146. The fraction of sp³-hybridized carbons (Fsp3) is 0.667. The van der Waals surface area contributed by atoms with Gasteiger partial charge >= 0.3 is 0 Å². The largest absolute Gasteiger partial charge is 0.282 e. The maximum absolute atomic E-state index is 11.4. The summed E-state index contributed by atoms with van der Waals surface area (Å²) >= 11 is 7.20. The van der Waals surface area contributed by atoms with E-state index in [1.54, 1.807) is 6.92 Å². The van der Waals surface area contributed by atoms with Gasteiger partial charge in [-0.05, 0) is 18.8 Å². The van der Waals surface area contributed by atoms with E-state index in [1.807, 2.05) is 35.3 Å². The Morgan fingerprint density at radius 1 is 1.64 bits per heavy atom. The Labute approximate surface area is 103 Å². The minimum absolute atomic E-state index is 0.146. The number of hydrogen-bond donors (Lipinski definition) is 0. The lowest BCUT2D eigenvalue weighted by Gasteiger charge is -2.07. The van der Waals surface area contributed by atoms with Crippen LogP contribution in [0.5, 0.6) is 0 Å².